The number of anilines is 6. The smallest absolute Gasteiger partial charge is 0.0541 e. The van der Waals surface area contributed by atoms with Gasteiger partial charge in [0.15, 0.2) is 0 Å². The highest BCUT2D eigenvalue weighted by atomic mass is 15.2. The molecule has 22 aromatic rings. The lowest BCUT2D eigenvalue weighted by Crippen LogP contribution is -2.16. The Balaban J connectivity index is 0.000000143. The Hall–Kier alpha value is -15.4. The van der Waals surface area contributed by atoms with Gasteiger partial charge in [-0.05, 0) is 231 Å². The van der Waals surface area contributed by atoms with E-state index >= 15 is 0 Å². The molecule has 119 heavy (non-hydrogen) atoms. The lowest BCUT2D eigenvalue weighted by atomic mass is 9.82. The van der Waals surface area contributed by atoms with Crippen molar-refractivity contribution in [3.05, 3.63) is 460 Å². The Labute approximate surface area is 692 Å². The predicted octanol–water partition coefficient (Wildman–Crippen LogP) is 31.8. The van der Waals surface area contributed by atoms with Gasteiger partial charge in [-0.2, -0.15) is 0 Å². The average Bonchev–Trinajstić information content (AvgIpc) is 1.71. The number of hydrogen-bond donors (Lipinski definition) is 0. The fourth-order valence-electron chi connectivity index (χ4n) is 19.4. The fraction of sp³-hybridized carbons (Fsp3) is 0.0261. The van der Waals surface area contributed by atoms with Crippen LogP contribution in [0.25, 0.3) is 165 Å². The topological polar surface area (TPSA) is 16.3 Å². The van der Waals surface area contributed by atoms with Crippen molar-refractivity contribution < 1.29 is 0 Å². The van der Waals surface area contributed by atoms with E-state index in [0.29, 0.717) is 0 Å². The standard InChI is InChI=1S/C59H42N2.C56H38N2/c1-59(2)53-25-13-10-18-45(53)46-37-36-44(38-54(46)59)60(42-32-34-43(35-33-42)61-55-26-14-11-19-47(55)48-20-12-15-27-56(48)61)41-30-28-40(29-31-41)58-51-23-8-6-21-49(51)57(39-16-4-3-5-17-39)50-22-7-9-24-52(50)58;1-3-17-39(18-4-1)45-21-11-14-28-52(45)57(43-35-37-44(38-36-43)58-53-29-15-12-22-46(53)47-23-13-16-30-54(47)58)42-33-31-41(32-34-42)56-50-26-9-7-24-48(50)55(40-19-5-2-6-20-40)49-25-8-10-27-51(49)56/h3-38H,1-2H3;1-38H. The summed E-state index contributed by atoms with van der Waals surface area (Å²) in [5.74, 6) is 0. The number of fused-ring (bicyclic) bond motifs is 13. The molecular formula is C115H80N4. The van der Waals surface area contributed by atoms with Crippen LogP contribution in [-0.2, 0) is 5.41 Å². The van der Waals surface area contributed by atoms with Crippen LogP contribution in [0.1, 0.15) is 25.0 Å². The first-order valence-corrected chi connectivity index (χ1v) is 41.2. The van der Waals surface area contributed by atoms with E-state index in [0.717, 1.165) is 45.5 Å². The molecule has 2 heterocycles. The number of hydrogen-bond acceptors (Lipinski definition) is 2. The molecule has 4 nitrogen and oxygen atoms in total. The Bertz CT molecular complexity index is 7430. The quantitative estimate of drug-likeness (QED) is 0.107. The van der Waals surface area contributed by atoms with E-state index in [-0.39, 0.29) is 5.41 Å². The molecule has 0 fully saturated rings. The summed E-state index contributed by atoms with van der Waals surface area (Å²) < 4.78 is 4.77. The second kappa shape index (κ2) is 29.2. The number of benzene rings is 20. The van der Waals surface area contributed by atoms with Crippen LogP contribution in [0.2, 0.25) is 0 Å². The van der Waals surface area contributed by atoms with E-state index in [2.05, 4.69) is 482 Å². The summed E-state index contributed by atoms with van der Waals surface area (Å²) in [5.41, 5.74) is 31.3. The molecule has 0 amide bonds. The van der Waals surface area contributed by atoms with Gasteiger partial charge >= 0.3 is 0 Å². The molecule has 0 unspecified atom stereocenters. The second-order valence-corrected chi connectivity index (χ2v) is 31.7. The first kappa shape index (κ1) is 70.3. The molecule has 0 N–H and O–H groups in total. The number of nitrogens with zero attached hydrogens (tertiary/aromatic N) is 4. The SMILES string of the molecule is CC1(C)c2ccccc2-c2ccc(N(c3ccc(-c4c5ccccc5c(-c5ccccc5)c5ccccc45)cc3)c3ccc(-n4c5ccccc5c5ccccc54)cc3)cc21.c1ccc(-c2ccccc2N(c2ccc(-c3c4ccccc4c(-c4ccccc4)c4ccccc34)cc2)c2ccc(-n3c4ccccc4c4ccccc43)cc2)cc1. The van der Waals surface area contributed by atoms with E-state index in [1.165, 1.54) is 165 Å². The zero-order chi connectivity index (χ0) is 79.1. The molecule has 4 heteroatoms. The summed E-state index contributed by atoms with van der Waals surface area (Å²) in [7, 11) is 0. The highest BCUT2D eigenvalue weighted by molar-refractivity contribution is 6.23. The summed E-state index contributed by atoms with van der Waals surface area (Å²) >= 11 is 0. The molecule has 2 aromatic heterocycles. The normalized spacial score (nSPS) is 12.2. The Morgan fingerprint density at radius 2 is 0.445 bits per heavy atom. The first-order chi connectivity index (χ1) is 58.9. The maximum Gasteiger partial charge on any atom is 0.0541 e. The Morgan fingerprint density at radius 1 is 0.185 bits per heavy atom. The van der Waals surface area contributed by atoms with Crippen LogP contribution in [0, 0.1) is 0 Å². The van der Waals surface area contributed by atoms with Gasteiger partial charge in [0.1, 0.15) is 0 Å². The average molecular weight is 1520 g/mol. The van der Waals surface area contributed by atoms with Crippen LogP contribution in [0.5, 0.6) is 0 Å². The summed E-state index contributed by atoms with van der Waals surface area (Å²) in [6, 6.07) is 164. The third-order valence-corrected chi connectivity index (χ3v) is 24.8. The van der Waals surface area contributed by atoms with Crippen molar-refractivity contribution in [2.24, 2.45) is 0 Å². The lowest BCUT2D eigenvalue weighted by Gasteiger charge is -2.28. The minimum absolute atomic E-state index is 0.119. The highest BCUT2D eigenvalue weighted by Crippen LogP contribution is 2.53. The fourth-order valence-corrected chi connectivity index (χ4v) is 19.4. The van der Waals surface area contributed by atoms with E-state index in [9.17, 15) is 0 Å². The molecule has 560 valence electrons. The number of rotatable bonds is 13. The summed E-state index contributed by atoms with van der Waals surface area (Å²) in [5, 5.41) is 15.1. The molecule has 0 aliphatic heterocycles. The van der Waals surface area contributed by atoms with Crippen LogP contribution in [0.15, 0.2) is 449 Å². The van der Waals surface area contributed by atoms with E-state index in [1.54, 1.807) is 0 Å². The van der Waals surface area contributed by atoms with Gasteiger partial charge in [0.2, 0.25) is 0 Å². The molecule has 0 atom stereocenters. The van der Waals surface area contributed by atoms with Gasteiger partial charge in [-0.1, -0.05) is 347 Å². The van der Waals surface area contributed by atoms with Gasteiger partial charge < -0.3 is 18.9 Å². The molecule has 1 aliphatic carbocycles. The van der Waals surface area contributed by atoms with Gasteiger partial charge in [-0.3, -0.25) is 0 Å². The molecule has 1 aliphatic rings. The van der Waals surface area contributed by atoms with Crippen LogP contribution < -0.4 is 9.80 Å². The largest absolute Gasteiger partial charge is 0.310 e. The van der Waals surface area contributed by atoms with E-state index in [4.69, 9.17) is 0 Å². The van der Waals surface area contributed by atoms with Crippen molar-refractivity contribution in [1.29, 1.82) is 0 Å². The molecule has 23 rings (SSSR count). The molecule has 0 spiro atoms. The molecule has 0 saturated carbocycles. The third-order valence-electron chi connectivity index (χ3n) is 24.8. The van der Waals surface area contributed by atoms with Gasteiger partial charge in [0, 0.05) is 72.3 Å². The number of para-hydroxylation sites is 5. The van der Waals surface area contributed by atoms with Crippen LogP contribution in [0.4, 0.5) is 34.1 Å². The minimum Gasteiger partial charge on any atom is -0.310 e. The van der Waals surface area contributed by atoms with Crippen molar-refractivity contribution in [3.8, 4) is 78.1 Å². The Morgan fingerprint density at radius 3 is 0.815 bits per heavy atom. The zero-order valence-corrected chi connectivity index (χ0v) is 66.0. The molecule has 20 aromatic carbocycles. The molecular weight excluding hydrogens is 1440 g/mol. The van der Waals surface area contributed by atoms with Crippen LogP contribution in [-0.4, -0.2) is 9.13 Å². The van der Waals surface area contributed by atoms with Crippen LogP contribution in [0.3, 0.4) is 0 Å². The van der Waals surface area contributed by atoms with Gasteiger partial charge in [0.25, 0.3) is 0 Å². The molecule has 0 saturated heterocycles. The van der Waals surface area contributed by atoms with Gasteiger partial charge in [-0.15, -0.1) is 0 Å². The van der Waals surface area contributed by atoms with Crippen molar-refractivity contribution in [3.63, 3.8) is 0 Å². The maximum atomic E-state index is 2.42. The van der Waals surface area contributed by atoms with Gasteiger partial charge in [0.05, 0.1) is 27.8 Å². The summed E-state index contributed by atoms with van der Waals surface area (Å²) in [6.07, 6.45) is 0. The monoisotopic (exact) mass is 1520 g/mol. The summed E-state index contributed by atoms with van der Waals surface area (Å²) in [4.78, 5) is 4.82. The molecule has 0 radical (unpaired) electrons. The van der Waals surface area contributed by atoms with E-state index in [1.807, 2.05) is 0 Å². The lowest BCUT2D eigenvalue weighted by molar-refractivity contribution is 0.660. The highest BCUT2D eigenvalue weighted by Gasteiger charge is 2.36. The van der Waals surface area contributed by atoms with Crippen molar-refractivity contribution in [1.82, 2.24) is 9.13 Å². The first-order valence-electron chi connectivity index (χ1n) is 41.2. The minimum atomic E-state index is -0.119. The van der Waals surface area contributed by atoms with E-state index < -0.39 is 0 Å². The second-order valence-electron chi connectivity index (χ2n) is 31.7. The summed E-state index contributed by atoms with van der Waals surface area (Å²) in [6.45, 7) is 4.72. The van der Waals surface area contributed by atoms with Crippen LogP contribution >= 0.6 is 0 Å². The third kappa shape index (κ3) is 11.9. The number of aromatic nitrogens is 2. The Kier molecular flexibility index (Phi) is 17.2. The van der Waals surface area contributed by atoms with Crippen molar-refractivity contribution in [2.75, 3.05) is 9.80 Å². The van der Waals surface area contributed by atoms with Gasteiger partial charge in [-0.25, -0.2) is 0 Å². The molecule has 0 bridgehead atoms. The predicted molar refractivity (Wildman–Crippen MR) is 506 cm³/mol. The van der Waals surface area contributed by atoms with Crippen molar-refractivity contribution >= 4 is 121 Å². The van der Waals surface area contributed by atoms with Crippen molar-refractivity contribution in [2.45, 2.75) is 19.3 Å². The zero-order valence-electron chi connectivity index (χ0n) is 66.0. The maximum absolute atomic E-state index is 2.42.